The first-order valence-corrected chi connectivity index (χ1v) is 7.42. The van der Waals surface area contributed by atoms with Crippen molar-refractivity contribution in [3.63, 3.8) is 0 Å². The van der Waals surface area contributed by atoms with Crippen molar-refractivity contribution < 1.29 is 27.8 Å². The number of carbonyl (C=O) groups excluding carboxylic acids is 1. The fourth-order valence-electron chi connectivity index (χ4n) is 3.14. The minimum absolute atomic E-state index is 0.0298. The van der Waals surface area contributed by atoms with Gasteiger partial charge in [-0.05, 0) is 32.6 Å². The molecule has 1 saturated heterocycles. The van der Waals surface area contributed by atoms with Crippen LogP contribution in [0.2, 0.25) is 0 Å². The number of nitrogens with zero attached hydrogens (tertiary/aromatic N) is 1. The van der Waals surface area contributed by atoms with Crippen LogP contribution in [-0.2, 0) is 9.53 Å². The summed E-state index contributed by atoms with van der Waals surface area (Å²) in [6.07, 6.45) is -3.91. The molecule has 7 heteroatoms. The van der Waals surface area contributed by atoms with Crippen LogP contribution in [0.5, 0.6) is 0 Å². The van der Waals surface area contributed by atoms with Gasteiger partial charge in [-0.15, -0.1) is 0 Å². The van der Waals surface area contributed by atoms with Crippen molar-refractivity contribution in [3.8, 4) is 0 Å². The van der Waals surface area contributed by atoms with Gasteiger partial charge in [-0.1, -0.05) is 0 Å². The van der Waals surface area contributed by atoms with E-state index in [4.69, 9.17) is 9.84 Å². The number of morpholine rings is 1. The summed E-state index contributed by atoms with van der Waals surface area (Å²) in [5.74, 6) is -1.69. The summed E-state index contributed by atoms with van der Waals surface area (Å²) in [5.41, 5.74) is 0. The van der Waals surface area contributed by atoms with E-state index in [0.717, 1.165) is 0 Å². The number of aliphatic hydroxyl groups is 1. The van der Waals surface area contributed by atoms with Crippen molar-refractivity contribution in [2.24, 2.45) is 11.8 Å². The van der Waals surface area contributed by atoms with Crippen LogP contribution in [0.1, 0.15) is 32.6 Å². The summed E-state index contributed by atoms with van der Waals surface area (Å²) >= 11 is 0. The van der Waals surface area contributed by atoms with Gasteiger partial charge in [0.1, 0.15) is 0 Å². The third-order valence-corrected chi connectivity index (χ3v) is 4.53. The quantitative estimate of drug-likeness (QED) is 0.848. The Kier molecular flexibility index (Phi) is 5.14. The van der Waals surface area contributed by atoms with E-state index in [2.05, 4.69) is 0 Å². The lowest BCUT2D eigenvalue weighted by Gasteiger charge is -2.40. The third kappa shape index (κ3) is 3.88. The predicted molar refractivity (Wildman–Crippen MR) is 69.5 cm³/mol. The molecule has 2 rings (SSSR count). The van der Waals surface area contributed by atoms with Gasteiger partial charge in [0.15, 0.2) is 0 Å². The molecular formula is C14H22F3NO3. The topological polar surface area (TPSA) is 49.8 Å². The van der Waals surface area contributed by atoms with Crippen molar-refractivity contribution in [3.05, 3.63) is 0 Å². The van der Waals surface area contributed by atoms with E-state index >= 15 is 0 Å². The molecule has 2 atom stereocenters. The van der Waals surface area contributed by atoms with Crippen LogP contribution in [0, 0.1) is 11.8 Å². The second kappa shape index (κ2) is 6.52. The Bertz CT molecular complexity index is 367. The van der Waals surface area contributed by atoms with Crippen LogP contribution in [0.3, 0.4) is 0 Å². The number of hydrogen-bond donors (Lipinski definition) is 1. The van der Waals surface area contributed by atoms with Crippen LogP contribution in [0.25, 0.3) is 0 Å². The average Bonchev–Trinajstić information content (AvgIpc) is 2.46. The smallest absolute Gasteiger partial charge is 0.391 e. The fraction of sp³-hybridized carbons (Fsp3) is 0.929. The van der Waals surface area contributed by atoms with Crippen LogP contribution in [0.4, 0.5) is 13.2 Å². The minimum Gasteiger partial charge on any atom is -0.394 e. The van der Waals surface area contributed by atoms with Gasteiger partial charge in [-0.3, -0.25) is 4.79 Å². The van der Waals surface area contributed by atoms with Crippen LogP contribution < -0.4 is 0 Å². The van der Waals surface area contributed by atoms with Gasteiger partial charge < -0.3 is 14.7 Å². The molecule has 21 heavy (non-hydrogen) atoms. The SMILES string of the molecule is CC1COC(CO)CN1C(=O)C1CCC(C(F)(F)F)CC1. The molecule has 1 amide bonds. The zero-order chi connectivity index (χ0) is 15.6. The number of ether oxygens (including phenoxy) is 1. The first-order chi connectivity index (χ1) is 9.82. The molecule has 1 heterocycles. The van der Waals surface area contributed by atoms with Gasteiger partial charge in [0.05, 0.1) is 31.3 Å². The maximum absolute atomic E-state index is 12.6. The maximum Gasteiger partial charge on any atom is 0.391 e. The molecule has 1 aliphatic carbocycles. The number of halogens is 3. The normalized spacial score (nSPS) is 34.8. The summed E-state index contributed by atoms with van der Waals surface area (Å²) in [4.78, 5) is 14.1. The van der Waals surface area contributed by atoms with Crippen LogP contribution >= 0.6 is 0 Å². The van der Waals surface area contributed by atoms with Gasteiger partial charge in [0, 0.05) is 12.5 Å². The number of hydrogen-bond acceptors (Lipinski definition) is 3. The Hall–Kier alpha value is -0.820. The molecule has 1 saturated carbocycles. The largest absolute Gasteiger partial charge is 0.394 e. The Morgan fingerprint density at radius 1 is 1.29 bits per heavy atom. The predicted octanol–water partition coefficient (Wildman–Crippen LogP) is 1.96. The number of aliphatic hydroxyl groups excluding tert-OH is 1. The lowest BCUT2D eigenvalue weighted by atomic mass is 9.81. The van der Waals surface area contributed by atoms with Gasteiger partial charge in [0.25, 0.3) is 0 Å². The third-order valence-electron chi connectivity index (χ3n) is 4.53. The Labute approximate surface area is 122 Å². The molecule has 2 aliphatic rings. The van der Waals surface area contributed by atoms with Gasteiger partial charge in [0.2, 0.25) is 5.91 Å². The molecule has 4 nitrogen and oxygen atoms in total. The highest BCUT2D eigenvalue weighted by Gasteiger charge is 2.43. The highest BCUT2D eigenvalue weighted by Crippen LogP contribution is 2.40. The maximum atomic E-state index is 12.6. The van der Waals surface area contributed by atoms with E-state index < -0.39 is 18.2 Å². The summed E-state index contributed by atoms with van der Waals surface area (Å²) in [7, 11) is 0. The summed E-state index contributed by atoms with van der Waals surface area (Å²) in [5, 5.41) is 9.12. The molecule has 0 aromatic heterocycles. The van der Waals surface area contributed by atoms with E-state index in [0.29, 0.717) is 13.2 Å². The zero-order valence-corrected chi connectivity index (χ0v) is 12.1. The van der Waals surface area contributed by atoms with E-state index in [1.54, 1.807) is 4.90 Å². The van der Waals surface area contributed by atoms with Crippen molar-refractivity contribution >= 4 is 5.91 Å². The summed E-state index contributed by atoms with van der Waals surface area (Å²) < 4.78 is 43.3. The molecular weight excluding hydrogens is 287 g/mol. The first kappa shape index (κ1) is 16.5. The highest BCUT2D eigenvalue weighted by molar-refractivity contribution is 5.79. The van der Waals surface area contributed by atoms with E-state index in [1.165, 1.54) is 0 Å². The average molecular weight is 309 g/mol. The van der Waals surface area contributed by atoms with Crippen LogP contribution in [-0.4, -0.2) is 54.0 Å². The highest BCUT2D eigenvalue weighted by atomic mass is 19.4. The monoisotopic (exact) mass is 309 g/mol. The molecule has 0 spiro atoms. The lowest BCUT2D eigenvalue weighted by molar-refractivity contribution is -0.186. The Balaban J connectivity index is 1.92. The number of alkyl halides is 3. The molecule has 0 bridgehead atoms. The fourth-order valence-corrected chi connectivity index (χ4v) is 3.14. The molecule has 122 valence electrons. The van der Waals surface area contributed by atoms with Gasteiger partial charge in [-0.25, -0.2) is 0 Å². The Morgan fingerprint density at radius 3 is 2.43 bits per heavy atom. The van der Waals surface area contributed by atoms with Crippen molar-refractivity contribution in [1.29, 1.82) is 0 Å². The second-order valence-corrected chi connectivity index (χ2v) is 6.07. The molecule has 0 aromatic rings. The van der Waals surface area contributed by atoms with Crippen LogP contribution in [0.15, 0.2) is 0 Å². The van der Waals surface area contributed by atoms with E-state index in [9.17, 15) is 18.0 Å². The van der Waals surface area contributed by atoms with Crippen molar-refractivity contribution in [2.75, 3.05) is 19.8 Å². The molecule has 2 fully saturated rings. The second-order valence-electron chi connectivity index (χ2n) is 6.07. The van der Waals surface area contributed by atoms with Gasteiger partial charge in [-0.2, -0.15) is 13.2 Å². The van der Waals surface area contributed by atoms with Crippen molar-refractivity contribution in [1.82, 2.24) is 4.90 Å². The molecule has 1 aliphatic heterocycles. The standard InChI is InChI=1S/C14H22F3NO3/c1-9-8-21-12(7-19)6-18(9)13(20)10-2-4-11(5-3-10)14(15,16)17/h9-12,19H,2-8H2,1H3. The molecule has 1 N–H and O–H groups in total. The number of carbonyl (C=O) groups is 1. The first-order valence-electron chi connectivity index (χ1n) is 7.42. The Morgan fingerprint density at radius 2 is 1.90 bits per heavy atom. The number of amides is 1. The molecule has 0 radical (unpaired) electrons. The van der Waals surface area contributed by atoms with Crippen molar-refractivity contribution in [2.45, 2.75) is 50.9 Å². The number of rotatable bonds is 2. The summed E-state index contributed by atoms with van der Waals surface area (Å²) in [6.45, 7) is 2.37. The van der Waals surface area contributed by atoms with E-state index in [1.807, 2.05) is 6.92 Å². The minimum atomic E-state index is -4.15. The lowest BCUT2D eigenvalue weighted by Crippen LogP contribution is -2.54. The van der Waals surface area contributed by atoms with E-state index in [-0.39, 0.29) is 50.2 Å². The summed E-state index contributed by atoms with van der Waals surface area (Å²) in [6, 6.07) is -0.0966. The molecule has 0 aromatic carbocycles. The molecule has 2 unspecified atom stereocenters. The van der Waals surface area contributed by atoms with Gasteiger partial charge >= 0.3 is 6.18 Å². The zero-order valence-electron chi connectivity index (χ0n) is 12.1.